The summed E-state index contributed by atoms with van der Waals surface area (Å²) >= 11 is 0. The summed E-state index contributed by atoms with van der Waals surface area (Å²) in [6.07, 6.45) is 2.65. The number of hydrogen-bond donors (Lipinski definition) is 1. The SMILES string of the molecule is O=C(C1=NC2CC/C=C(CCO)\C=N/C2=N1)N1C[C@H]2C[C@@H](c3ccccc3C(F)(F)F)C[C@H]2C1. The van der Waals surface area contributed by atoms with Gasteiger partial charge in [0.15, 0.2) is 5.84 Å². The van der Waals surface area contributed by atoms with E-state index in [4.69, 9.17) is 5.11 Å². The molecule has 0 aromatic heterocycles. The predicted octanol–water partition coefficient (Wildman–Crippen LogP) is 4.01. The number of carbonyl (C=O) groups excluding carboxylic acids is 1. The van der Waals surface area contributed by atoms with Crippen molar-refractivity contribution in [3.8, 4) is 0 Å². The maximum absolute atomic E-state index is 13.5. The zero-order valence-corrected chi connectivity index (χ0v) is 18.7. The second-order valence-corrected chi connectivity index (χ2v) is 9.51. The molecule has 1 saturated heterocycles. The molecule has 0 radical (unpaired) electrons. The van der Waals surface area contributed by atoms with E-state index in [-0.39, 0.29) is 42.1 Å². The number of rotatable bonds is 4. The van der Waals surface area contributed by atoms with Crippen LogP contribution in [-0.2, 0) is 11.0 Å². The highest BCUT2D eigenvalue weighted by Crippen LogP contribution is 2.48. The average molecular weight is 473 g/mol. The smallest absolute Gasteiger partial charge is 0.396 e. The molecule has 1 aromatic carbocycles. The van der Waals surface area contributed by atoms with E-state index >= 15 is 0 Å². The molecule has 9 heteroatoms. The molecule has 4 atom stereocenters. The summed E-state index contributed by atoms with van der Waals surface area (Å²) in [7, 11) is 0. The van der Waals surface area contributed by atoms with Crippen molar-refractivity contribution in [3.63, 3.8) is 0 Å². The summed E-state index contributed by atoms with van der Waals surface area (Å²) in [5.41, 5.74) is 0.769. The molecule has 34 heavy (non-hydrogen) atoms. The van der Waals surface area contributed by atoms with Gasteiger partial charge >= 0.3 is 6.18 Å². The molecule has 5 rings (SSSR count). The minimum atomic E-state index is -4.36. The van der Waals surface area contributed by atoms with Gasteiger partial charge in [0.1, 0.15) is 6.04 Å². The largest absolute Gasteiger partial charge is 0.416 e. The number of aliphatic hydroxyl groups is 1. The van der Waals surface area contributed by atoms with Gasteiger partial charge in [-0.25, -0.2) is 9.98 Å². The zero-order chi connectivity index (χ0) is 23.9. The Hall–Kier alpha value is -2.81. The van der Waals surface area contributed by atoms with E-state index in [1.165, 1.54) is 6.07 Å². The van der Waals surface area contributed by atoms with Gasteiger partial charge in [-0.3, -0.25) is 9.79 Å². The van der Waals surface area contributed by atoms with E-state index in [2.05, 4.69) is 15.0 Å². The topological polar surface area (TPSA) is 77.6 Å². The van der Waals surface area contributed by atoms with Crippen molar-refractivity contribution in [3.05, 3.63) is 47.0 Å². The highest BCUT2D eigenvalue weighted by atomic mass is 19.4. The van der Waals surface area contributed by atoms with Crippen LogP contribution in [0.2, 0.25) is 0 Å². The number of amidine groups is 2. The van der Waals surface area contributed by atoms with E-state index < -0.39 is 11.7 Å². The van der Waals surface area contributed by atoms with E-state index in [1.54, 1.807) is 23.2 Å². The maximum atomic E-state index is 13.5. The third-order valence-electron chi connectivity index (χ3n) is 7.34. The van der Waals surface area contributed by atoms with Crippen molar-refractivity contribution in [1.29, 1.82) is 0 Å². The number of alkyl halides is 3. The van der Waals surface area contributed by atoms with Crippen LogP contribution in [-0.4, -0.2) is 59.5 Å². The Kier molecular flexibility index (Phi) is 6.14. The van der Waals surface area contributed by atoms with E-state index in [0.717, 1.165) is 18.1 Å². The van der Waals surface area contributed by atoms with Crippen LogP contribution in [0.5, 0.6) is 0 Å². The number of aliphatic hydroxyl groups excluding tert-OH is 1. The van der Waals surface area contributed by atoms with Crippen LogP contribution >= 0.6 is 0 Å². The molecule has 6 nitrogen and oxygen atoms in total. The summed E-state index contributed by atoms with van der Waals surface area (Å²) < 4.78 is 40.4. The minimum Gasteiger partial charge on any atom is -0.396 e. The van der Waals surface area contributed by atoms with E-state index in [9.17, 15) is 18.0 Å². The minimum absolute atomic E-state index is 0.0495. The highest BCUT2D eigenvalue weighted by Gasteiger charge is 2.46. The molecule has 1 amide bonds. The molecule has 0 bridgehead atoms. The Balaban J connectivity index is 1.24. The van der Waals surface area contributed by atoms with Crippen LogP contribution in [0, 0.1) is 11.8 Å². The number of likely N-dealkylation sites (tertiary alicyclic amines) is 1. The summed E-state index contributed by atoms with van der Waals surface area (Å²) in [6, 6.07) is 5.61. The van der Waals surface area contributed by atoms with Crippen LogP contribution in [0.15, 0.2) is 50.9 Å². The van der Waals surface area contributed by atoms with Crippen LogP contribution in [0.1, 0.15) is 49.1 Å². The molecule has 0 spiro atoms. The summed E-state index contributed by atoms with van der Waals surface area (Å²) in [5, 5.41) is 9.15. The second-order valence-electron chi connectivity index (χ2n) is 9.51. The molecule has 1 saturated carbocycles. The average Bonchev–Trinajstić information content (AvgIpc) is 3.48. The van der Waals surface area contributed by atoms with Crippen LogP contribution in [0.4, 0.5) is 13.2 Å². The Morgan fingerprint density at radius 1 is 1.15 bits per heavy atom. The second kappa shape index (κ2) is 9.09. The van der Waals surface area contributed by atoms with Gasteiger partial charge in [0, 0.05) is 25.9 Å². The van der Waals surface area contributed by atoms with Crippen molar-refractivity contribution in [2.24, 2.45) is 26.8 Å². The predicted molar refractivity (Wildman–Crippen MR) is 123 cm³/mol. The fourth-order valence-electron chi connectivity index (χ4n) is 5.73. The lowest BCUT2D eigenvalue weighted by atomic mass is 9.91. The van der Waals surface area contributed by atoms with Gasteiger partial charge in [-0.15, -0.1) is 0 Å². The Bertz CT molecular complexity index is 1080. The third-order valence-corrected chi connectivity index (χ3v) is 7.34. The third kappa shape index (κ3) is 4.45. The molecule has 3 heterocycles. The van der Waals surface area contributed by atoms with Crippen LogP contribution < -0.4 is 0 Å². The standard InChI is InChI=1S/C25H27F3N4O2/c26-25(27,28)20-6-2-1-5-19(20)16-10-17-13-32(14-18(17)11-16)24(34)23-30-21-7-3-4-15(8-9-33)12-29-22(21)31-23/h1-2,4-6,12,16-18,21,33H,3,7-11,13-14H2/b15-4-,29-12-/t16-,17-,18+,21?. The number of aliphatic imine (C=N–C) groups is 3. The monoisotopic (exact) mass is 472 g/mol. The molecule has 4 aliphatic rings. The van der Waals surface area contributed by atoms with E-state index in [1.807, 2.05) is 6.08 Å². The van der Waals surface area contributed by atoms with Gasteiger partial charge in [-0.1, -0.05) is 24.3 Å². The lowest BCUT2D eigenvalue weighted by molar-refractivity contribution is -0.138. The number of nitrogens with zero attached hydrogens (tertiary/aromatic N) is 4. The number of allylic oxidation sites excluding steroid dienone is 1. The fourth-order valence-corrected chi connectivity index (χ4v) is 5.73. The Morgan fingerprint density at radius 2 is 1.88 bits per heavy atom. The van der Waals surface area contributed by atoms with Gasteiger partial charge in [0.2, 0.25) is 5.84 Å². The first-order valence-electron chi connectivity index (χ1n) is 11.8. The number of carbonyl (C=O) groups is 1. The summed E-state index contributed by atoms with van der Waals surface area (Å²) in [5.74, 6) is 0.694. The zero-order valence-electron chi connectivity index (χ0n) is 18.7. The lowest BCUT2D eigenvalue weighted by Gasteiger charge is -2.21. The van der Waals surface area contributed by atoms with Crippen LogP contribution in [0.25, 0.3) is 0 Å². The lowest BCUT2D eigenvalue weighted by Crippen LogP contribution is -2.34. The Morgan fingerprint density at radius 3 is 2.59 bits per heavy atom. The number of amides is 1. The van der Waals surface area contributed by atoms with Gasteiger partial charge in [-0.2, -0.15) is 13.2 Å². The van der Waals surface area contributed by atoms with Crippen LogP contribution in [0.3, 0.4) is 0 Å². The van der Waals surface area contributed by atoms with Crippen molar-refractivity contribution in [2.75, 3.05) is 19.7 Å². The van der Waals surface area contributed by atoms with Gasteiger partial charge in [0.05, 0.1) is 5.56 Å². The molecule has 1 N–H and O–H groups in total. The molecule has 180 valence electrons. The van der Waals surface area contributed by atoms with Gasteiger partial charge < -0.3 is 10.0 Å². The molecule has 1 aromatic rings. The molecule has 1 unspecified atom stereocenters. The number of hydrogen-bond acceptors (Lipinski definition) is 5. The Labute approximate surface area is 196 Å². The van der Waals surface area contributed by atoms with Gasteiger partial charge in [-0.05, 0) is 67.1 Å². The fraction of sp³-hybridized carbons (Fsp3) is 0.520. The molecular formula is C25H27F3N4O2. The first kappa shape index (κ1) is 23.0. The van der Waals surface area contributed by atoms with E-state index in [0.29, 0.717) is 50.2 Å². The van der Waals surface area contributed by atoms with Crippen molar-refractivity contribution in [2.45, 2.75) is 50.2 Å². The van der Waals surface area contributed by atoms with Crippen molar-refractivity contribution in [1.82, 2.24) is 4.90 Å². The number of fused-ring (bicyclic) bond motifs is 2. The first-order valence-corrected chi connectivity index (χ1v) is 11.8. The first-order chi connectivity index (χ1) is 16.3. The summed E-state index contributed by atoms with van der Waals surface area (Å²) in [4.78, 5) is 28.2. The molecular weight excluding hydrogens is 445 g/mol. The quantitative estimate of drug-likeness (QED) is 0.719. The maximum Gasteiger partial charge on any atom is 0.416 e. The normalized spacial score (nSPS) is 31.1. The number of benzene rings is 1. The molecule has 1 aliphatic carbocycles. The summed E-state index contributed by atoms with van der Waals surface area (Å²) in [6.45, 7) is 1.09. The molecule has 3 aliphatic heterocycles. The van der Waals surface area contributed by atoms with Gasteiger partial charge in [0.25, 0.3) is 5.91 Å². The van der Waals surface area contributed by atoms with Crippen molar-refractivity contribution < 1.29 is 23.1 Å². The number of halogens is 3. The van der Waals surface area contributed by atoms with Crippen molar-refractivity contribution >= 4 is 23.8 Å². The molecule has 2 fully saturated rings. The highest BCUT2D eigenvalue weighted by molar-refractivity contribution is 6.41.